The van der Waals surface area contributed by atoms with Crippen LogP contribution in [0.5, 0.6) is 0 Å². The molecule has 1 unspecified atom stereocenters. The van der Waals surface area contributed by atoms with Gasteiger partial charge in [-0.05, 0) is 89.9 Å². The number of anilines is 2. The highest BCUT2D eigenvalue weighted by Crippen LogP contribution is 2.27. The SMILES string of the molecule is Cc1cccc(/C=C(\NC(=O)c2ccccc2)C(=O)Nc2ccc(SC(C)C(=O)Nc3ccccc3Br)cc2)c1. The highest BCUT2D eigenvalue weighted by atomic mass is 79.9. The van der Waals surface area contributed by atoms with E-state index < -0.39 is 5.91 Å². The van der Waals surface area contributed by atoms with Crippen molar-refractivity contribution in [3.8, 4) is 0 Å². The van der Waals surface area contributed by atoms with E-state index in [1.807, 2.05) is 80.6 Å². The topological polar surface area (TPSA) is 87.3 Å². The average molecular weight is 615 g/mol. The molecule has 0 aliphatic carbocycles. The summed E-state index contributed by atoms with van der Waals surface area (Å²) in [7, 11) is 0. The summed E-state index contributed by atoms with van der Waals surface area (Å²) in [5.41, 5.74) is 3.67. The van der Waals surface area contributed by atoms with Gasteiger partial charge in [0.15, 0.2) is 0 Å². The third kappa shape index (κ3) is 8.18. The number of carbonyl (C=O) groups excluding carboxylic acids is 3. The first-order chi connectivity index (χ1) is 19.3. The minimum atomic E-state index is -0.452. The predicted molar refractivity (Wildman–Crippen MR) is 166 cm³/mol. The third-order valence-corrected chi connectivity index (χ3v) is 7.61. The molecule has 0 bridgehead atoms. The molecule has 6 nitrogen and oxygen atoms in total. The van der Waals surface area contributed by atoms with Crippen molar-refractivity contribution in [2.45, 2.75) is 24.0 Å². The standard InChI is InChI=1S/C32H28BrN3O3S/c1-21-9-8-10-23(19-21)20-29(36-31(38)24-11-4-3-5-12-24)32(39)34-25-15-17-26(18-16-25)40-22(2)30(37)35-28-14-7-6-13-27(28)33/h3-20,22H,1-2H3,(H,34,39)(H,35,37)(H,36,38)/b29-20-. The average Bonchev–Trinajstić information content (AvgIpc) is 2.95. The number of nitrogens with one attached hydrogen (secondary N) is 3. The number of hydrogen-bond acceptors (Lipinski definition) is 4. The zero-order valence-corrected chi connectivity index (χ0v) is 24.4. The van der Waals surface area contributed by atoms with Gasteiger partial charge in [-0.1, -0.05) is 60.2 Å². The molecule has 0 heterocycles. The predicted octanol–water partition coefficient (Wildman–Crippen LogP) is 7.29. The van der Waals surface area contributed by atoms with E-state index in [0.717, 1.165) is 20.5 Å². The normalized spacial score (nSPS) is 11.8. The van der Waals surface area contributed by atoms with Gasteiger partial charge in [0.2, 0.25) is 5.91 Å². The smallest absolute Gasteiger partial charge is 0.272 e. The van der Waals surface area contributed by atoms with Crippen molar-refractivity contribution in [1.29, 1.82) is 0 Å². The van der Waals surface area contributed by atoms with E-state index in [1.165, 1.54) is 11.8 Å². The van der Waals surface area contributed by atoms with Gasteiger partial charge in [-0.3, -0.25) is 14.4 Å². The molecule has 0 aromatic heterocycles. The molecule has 4 aromatic carbocycles. The largest absolute Gasteiger partial charge is 0.324 e. The minimum absolute atomic E-state index is 0.116. The summed E-state index contributed by atoms with van der Waals surface area (Å²) in [6.07, 6.45) is 1.65. The Balaban J connectivity index is 1.43. The Hall–Kier alpha value is -4.14. The number of benzene rings is 4. The van der Waals surface area contributed by atoms with Crippen LogP contribution in [0.1, 0.15) is 28.4 Å². The van der Waals surface area contributed by atoms with Gasteiger partial charge in [0.05, 0.1) is 10.9 Å². The van der Waals surface area contributed by atoms with E-state index in [0.29, 0.717) is 16.9 Å². The fraction of sp³-hybridized carbons (Fsp3) is 0.0938. The summed E-state index contributed by atoms with van der Waals surface area (Å²) in [5.74, 6) is -0.946. The van der Waals surface area contributed by atoms with Crippen LogP contribution in [0.15, 0.2) is 118 Å². The second-order valence-corrected chi connectivity index (χ2v) is 11.3. The minimum Gasteiger partial charge on any atom is -0.324 e. The molecular formula is C32H28BrN3O3S. The number of halogens is 1. The maximum atomic E-state index is 13.3. The maximum absolute atomic E-state index is 13.3. The van der Waals surface area contributed by atoms with Crippen LogP contribution in [0.2, 0.25) is 0 Å². The molecule has 0 spiro atoms. The third-order valence-electron chi connectivity index (χ3n) is 5.81. The van der Waals surface area contributed by atoms with E-state index in [2.05, 4.69) is 31.9 Å². The molecular weight excluding hydrogens is 586 g/mol. The molecule has 0 aliphatic rings. The van der Waals surface area contributed by atoms with E-state index >= 15 is 0 Å². The number of thioether (sulfide) groups is 1. The first-order valence-electron chi connectivity index (χ1n) is 12.6. The molecule has 40 heavy (non-hydrogen) atoms. The molecule has 1 atom stereocenters. The van der Waals surface area contributed by atoms with E-state index in [-0.39, 0.29) is 22.8 Å². The Kier molecular flexibility index (Phi) is 9.94. The molecule has 0 aliphatic heterocycles. The van der Waals surface area contributed by atoms with Crippen molar-refractivity contribution in [2.75, 3.05) is 10.6 Å². The van der Waals surface area contributed by atoms with Gasteiger partial charge < -0.3 is 16.0 Å². The van der Waals surface area contributed by atoms with Gasteiger partial charge in [0.1, 0.15) is 5.70 Å². The van der Waals surface area contributed by atoms with Crippen LogP contribution < -0.4 is 16.0 Å². The van der Waals surface area contributed by atoms with Gasteiger partial charge in [0, 0.05) is 20.6 Å². The lowest BCUT2D eigenvalue weighted by Crippen LogP contribution is -2.30. The Labute approximate surface area is 246 Å². The Morgan fingerprint density at radius 2 is 1.52 bits per heavy atom. The second-order valence-electron chi connectivity index (χ2n) is 9.00. The van der Waals surface area contributed by atoms with Crippen molar-refractivity contribution in [1.82, 2.24) is 5.32 Å². The van der Waals surface area contributed by atoms with Crippen LogP contribution in [0.25, 0.3) is 6.08 Å². The zero-order chi connectivity index (χ0) is 28.5. The Morgan fingerprint density at radius 1 is 0.825 bits per heavy atom. The van der Waals surface area contributed by atoms with Crippen LogP contribution in [0.4, 0.5) is 11.4 Å². The first-order valence-corrected chi connectivity index (χ1v) is 14.2. The molecule has 4 rings (SSSR count). The zero-order valence-electron chi connectivity index (χ0n) is 22.0. The highest BCUT2D eigenvalue weighted by molar-refractivity contribution is 9.10. The quantitative estimate of drug-likeness (QED) is 0.137. The fourth-order valence-corrected chi connectivity index (χ4v) is 4.99. The van der Waals surface area contributed by atoms with Crippen LogP contribution >= 0.6 is 27.7 Å². The lowest BCUT2D eigenvalue weighted by atomic mass is 10.1. The number of aryl methyl sites for hydroxylation is 1. The van der Waals surface area contributed by atoms with E-state index in [1.54, 1.807) is 42.5 Å². The summed E-state index contributed by atoms with van der Waals surface area (Å²) in [5, 5.41) is 8.20. The van der Waals surface area contributed by atoms with Gasteiger partial charge in [-0.25, -0.2) is 0 Å². The van der Waals surface area contributed by atoms with Gasteiger partial charge in [-0.2, -0.15) is 0 Å². The number of hydrogen-bond donors (Lipinski definition) is 3. The second kappa shape index (κ2) is 13.8. The van der Waals surface area contributed by atoms with Gasteiger partial charge >= 0.3 is 0 Å². The van der Waals surface area contributed by atoms with Crippen LogP contribution in [-0.4, -0.2) is 23.0 Å². The van der Waals surface area contributed by atoms with E-state index in [9.17, 15) is 14.4 Å². The van der Waals surface area contributed by atoms with Crippen molar-refractivity contribution in [3.63, 3.8) is 0 Å². The fourth-order valence-electron chi connectivity index (χ4n) is 3.74. The molecule has 4 aromatic rings. The van der Waals surface area contributed by atoms with Crippen molar-refractivity contribution in [3.05, 3.63) is 130 Å². The lowest BCUT2D eigenvalue weighted by Gasteiger charge is -2.14. The van der Waals surface area contributed by atoms with Crippen molar-refractivity contribution in [2.24, 2.45) is 0 Å². The summed E-state index contributed by atoms with van der Waals surface area (Å²) in [6, 6.07) is 31.1. The first kappa shape index (κ1) is 28.9. The van der Waals surface area contributed by atoms with Crippen molar-refractivity contribution >= 4 is 62.9 Å². The molecule has 0 saturated heterocycles. The van der Waals surface area contributed by atoms with Gasteiger partial charge in [0.25, 0.3) is 11.8 Å². The molecule has 0 radical (unpaired) electrons. The van der Waals surface area contributed by atoms with Gasteiger partial charge in [-0.15, -0.1) is 11.8 Å². The molecule has 0 fully saturated rings. The Bertz CT molecular complexity index is 1540. The molecule has 202 valence electrons. The molecule has 8 heteroatoms. The van der Waals surface area contributed by atoms with Crippen LogP contribution in [0.3, 0.4) is 0 Å². The summed E-state index contributed by atoms with van der Waals surface area (Å²) in [6.45, 7) is 3.80. The molecule has 3 amide bonds. The monoisotopic (exact) mass is 613 g/mol. The highest BCUT2D eigenvalue weighted by Gasteiger charge is 2.17. The summed E-state index contributed by atoms with van der Waals surface area (Å²) in [4.78, 5) is 39.6. The van der Waals surface area contributed by atoms with Crippen LogP contribution in [0, 0.1) is 6.92 Å². The number of carbonyl (C=O) groups is 3. The molecule has 0 saturated carbocycles. The Morgan fingerprint density at radius 3 is 2.23 bits per heavy atom. The summed E-state index contributed by atoms with van der Waals surface area (Å²) < 4.78 is 0.816. The van der Waals surface area contributed by atoms with E-state index in [4.69, 9.17) is 0 Å². The number of rotatable bonds is 9. The maximum Gasteiger partial charge on any atom is 0.272 e. The molecule has 3 N–H and O–H groups in total. The van der Waals surface area contributed by atoms with Crippen molar-refractivity contribution < 1.29 is 14.4 Å². The van der Waals surface area contributed by atoms with Crippen LogP contribution in [-0.2, 0) is 9.59 Å². The lowest BCUT2D eigenvalue weighted by molar-refractivity contribution is -0.115. The summed E-state index contributed by atoms with van der Waals surface area (Å²) >= 11 is 4.85. The number of amides is 3. The number of para-hydroxylation sites is 1.